The number of esters is 1. The van der Waals surface area contributed by atoms with Crippen LogP contribution >= 0.6 is 11.6 Å². The fourth-order valence-electron chi connectivity index (χ4n) is 3.05. The fraction of sp³-hybridized carbons (Fsp3) is 0.250. The summed E-state index contributed by atoms with van der Waals surface area (Å²) in [5.74, 6) is -0.265. The van der Waals surface area contributed by atoms with Gasteiger partial charge in [0.1, 0.15) is 0 Å². The summed E-state index contributed by atoms with van der Waals surface area (Å²) in [6, 6.07) is 15.3. The average molecular weight is 406 g/mol. The second-order valence-electron chi connectivity index (χ2n) is 6.20. The third kappa shape index (κ3) is 4.17. The first-order chi connectivity index (χ1) is 12.9. The maximum atomic E-state index is 13.3. The van der Waals surface area contributed by atoms with Gasteiger partial charge in [0.05, 0.1) is 17.5 Å². The Kier molecular flexibility index (Phi) is 5.87. The summed E-state index contributed by atoms with van der Waals surface area (Å²) in [5, 5.41) is 1.32. The second kappa shape index (κ2) is 8.15. The Labute approximate surface area is 163 Å². The van der Waals surface area contributed by atoms with Gasteiger partial charge in [-0.2, -0.15) is 0 Å². The SMILES string of the molecule is COC(=O)CCCCc1cc2cc(Cl)ccc2n1S(=O)(=O)c1ccccc1. The second-order valence-corrected chi connectivity index (χ2v) is 8.43. The molecular formula is C20H20ClNO4S. The Morgan fingerprint density at radius 3 is 2.52 bits per heavy atom. The number of benzene rings is 2. The normalized spacial score (nSPS) is 11.6. The molecule has 0 saturated heterocycles. The van der Waals surface area contributed by atoms with Gasteiger partial charge in [0.15, 0.2) is 0 Å². The number of fused-ring (bicyclic) bond motifs is 1. The number of carbonyl (C=O) groups excluding carboxylic acids is 1. The molecule has 5 nitrogen and oxygen atoms in total. The van der Waals surface area contributed by atoms with E-state index in [4.69, 9.17) is 11.6 Å². The van der Waals surface area contributed by atoms with Crippen LogP contribution in [0.2, 0.25) is 5.02 Å². The van der Waals surface area contributed by atoms with Crippen molar-refractivity contribution in [1.29, 1.82) is 0 Å². The van der Waals surface area contributed by atoms with E-state index in [2.05, 4.69) is 4.74 Å². The fourth-order valence-corrected chi connectivity index (χ4v) is 4.82. The number of rotatable bonds is 7. The van der Waals surface area contributed by atoms with Crippen molar-refractivity contribution in [2.45, 2.75) is 30.6 Å². The number of aryl methyl sites for hydroxylation is 1. The summed E-state index contributed by atoms with van der Waals surface area (Å²) in [7, 11) is -2.38. The van der Waals surface area contributed by atoms with E-state index in [9.17, 15) is 13.2 Å². The predicted molar refractivity (Wildman–Crippen MR) is 106 cm³/mol. The molecule has 7 heteroatoms. The minimum atomic E-state index is -3.74. The zero-order valence-corrected chi connectivity index (χ0v) is 16.5. The van der Waals surface area contributed by atoms with Crippen molar-refractivity contribution in [1.82, 2.24) is 3.97 Å². The molecule has 2 aromatic carbocycles. The molecule has 0 aliphatic heterocycles. The van der Waals surface area contributed by atoms with Gasteiger partial charge in [-0.15, -0.1) is 0 Å². The molecule has 0 radical (unpaired) electrons. The largest absolute Gasteiger partial charge is 0.469 e. The minimum absolute atomic E-state index is 0.230. The molecule has 1 aromatic heterocycles. The highest BCUT2D eigenvalue weighted by molar-refractivity contribution is 7.90. The van der Waals surface area contributed by atoms with Crippen LogP contribution < -0.4 is 0 Å². The van der Waals surface area contributed by atoms with Gasteiger partial charge in [0.25, 0.3) is 10.0 Å². The van der Waals surface area contributed by atoms with E-state index < -0.39 is 10.0 Å². The van der Waals surface area contributed by atoms with Gasteiger partial charge in [-0.3, -0.25) is 4.79 Å². The maximum absolute atomic E-state index is 13.3. The third-order valence-electron chi connectivity index (χ3n) is 4.36. The van der Waals surface area contributed by atoms with Crippen LogP contribution in [-0.4, -0.2) is 25.5 Å². The first-order valence-electron chi connectivity index (χ1n) is 8.61. The zero-order valence-electron chi connectivity index (χ0n) is 14.9. The van der Waals surface area contributed by atoms with Crippen LogP contribution in [0.1, 0.15) is 25.0 Å². The molecule has 0 aliphatic rings. The molecule has 0 bridgehead atoms. The average Bonchev–Trinajstić information content (AvgIpc) is 3.03. The van der Waals surface area contributed by atoms with Crippen LogP contribution in [0.4, 0.5) is 0 Å². The quantitative estimate of drug-likeness (QED) is 0.431. The number of hydrogen-bond donors (Lipinski definition) is 0. The highest BCUT2D eigenvalue weighted by Gasteiger charge is 2.22. The highest BCUT2D eigenvalue weighted by Crippen LogP contribution is 2.29. The first-order valence-corrected chi connectivity index (χ1v) is 10.4. The van der Waals surface area contributed by atoms with E-state index in [1.54, 1.807) is 48.5 Å². The van der Waals surface area contributed by atoms with Gasteiger partial charge in [0, 0.05) is 22.5 Å². The molecular weight excluding hydrogens is 386 g/mol. The minimum Gasteiger partial charge on any atom is -0.469 e. The molecule has 0 amide bonds. The number of aromatic nitrogens is 1. The molecule has 3 rings (SSSR count). The Bertz CT molecular complexity index is 1060. The van der Waals surface area contributed by atoms with Gasteiger partial charge < -0.3 is 4.74 Å². The number of hydrogen-bond acceptors (Lipinski definition) is 4. The van der Waals surface area contributed by atoms with Crippen molar-refractivity contribution in [2.75, 3.05) is 7.11 Å². The lowest BCUT2D eigenvalue weighted by molar-refractivity contribution is -0.140. The molecule has 0 saturated carbocycles. The lowest BCUT2D eigenvalue weighted by Gasteiger charge is -2.12. The standard InChI is InChI=1S/C20H20ClNO4S/c1-26-20(23)10-6-5-7-17-14-15-13-16(21)11-12-19(15)22(17)27(24,25)18-8-3-2-4-9-18/h2-4,8-9,11-14H,5-7,10H2,1H3. The van der Waals surface area contributed by atoms with Crippen molar-refractivity contribution in [3.8, 4) is 0 Å². The Morgan fingerprint density at radius 1 is 1.07 bits per heavy atom. The number of halogens is 1. The van der Waals surface area contributed by atoms with Gasteiger partial charge in [-0.05, 0) is 55.7 Å². The summed E-state index contributed by atoms with van der Waals surface area (Å²) >= 11 is 6.08. The van der Waals surface area contributed by atoms with E-state index in [-0.39, 0.29) is 10.9 Å². The number of carbonyl (C=O) groups is 1. The molecule has 0 N–H and O–H groups in total. The summed E-state index contributed by atoms with van der Waals surface area (Å²) in [6.45, 7) is 0. The number of unbranched alkanes of at least 4 members (excludes halogenated alkanes) is 1. The van der Waals surface area contributed by atoms with Crippen LogP contribution in [0.15, 0.2) is 59.5 Å². The monoisotopic (exact) mass is 405 g/mol. The van der Waals surface area contributed by atoms with Gasteiger partial charge in [-0.1, -0.05) is 29.8 Å². The summed E-state index contributed by atoms with van der Waals surface area (Å²) in [5.41, 5.74) is 1.26. The lowest BCUT2D eigenvalue weighted by Crippen LogP contribution is -2.15. The Hall–Kier alpha value is -2.31. The lowest BCUT2D eigenvalue weighted by atomic mass is 10.1. The van der Waals surface area contributed by atoms with Crippen LogP contribution in [0.25, 0.3) is 10.9 Å². The number of ether oxygens (including phenoxy) is 1. The summed E-state index contributed by atoms with van der Waals surface area (Å²) < 4.78 is 32.5. The van der Waals surface area contributed by atoms with Gasteiger partial charge in [0.2, 0.25) is 0 Å². The maximum Gasteiger partial charge on any atom is 0.305 e. The molecule has 0 unspecified atom stereocenters. The third-order valence-corrected chi connectivity index (χ3v) is 6.38. The molecule has 1 heterocycles. The smallest absolute Gasteiger partial charge is 0.305 e. The van der Waals surface area contributed by atoms with Gasteiger partial charge in [-0.25, -0.2) is 12.4 Å². The van der Waals surface area contributed by atoms with E-state index in [1.165, 1.54) is 11.1 Å². The van der Waals surface area contributed by atoms with Crippen LogP contribution in [0, 0.1) is 0 Å². The van der Waals surface area contributed by atoms with Crippen molar-refractivity contribution in [3.05, 3.63) is 65.3 Å². The topological polar surface area (TPSA) is 65.4 Å². The molecule has 0 aliphatic carbocycles. The highest BCUT2D eigenvalue weighted by atomic mass is 35.5. The van der Waals surface area contributed by atoms with Crippen LogP contribution in [0.3, 0.4) is 0 Å². The molecule has 142 valence electrons. The Balaban J connectivity index is 2.00. The van der Waals surface area contributed by atoms with Gasteiger partial charge >= 0.3 is 5.97 Å². The number of methoxy groups -OCH3 is 1. The van der Waals surface area contributed by atoms with Crippen molar-refractivity contribution >= 4 is 38.5 Å². The Morgan fingerprint density at radius 2 is 1.81 bits per heavy atom. The molecule has 3 aromatic rings. The summed E-state index contributed by atoms with van der Waals surface area (Å²) in [6.07, 6.45) is 2.13. The first kappa shape index (κ1) is 19.5. The van der Waals surface area contributed by atoms with Crippen molar-refractivity contribution in [2.24, 2.45) is 0 Å². The van der Waals surface area contributed by atoms with E-state index in [0.717, 1.165) is 5.39 Å². The van der Waals surface area contributed by atoms with Crippen LogP contribution in [-0.2, 0) is 26.0 Å². The molecule has 0 atom stereocenters. The molecule has 0 fully saturated rings. The van der Waals surface area contributed by atoms with E-state index in [0.29, 0.717) is 41.9 Å². The van der Waals surface area contributed by atoms with Crippen LogP contribution in [0.5, 0.6) is 0 Å². The van der Waals surface area contributed by atoms with Crippen molar-refractivity contribution in [3.63, 3.8) is 0 Å². The number of nitrogens with zero attached hydrogens (tertiary/aromatic N) is 1. The molecule has 0 spiro atoms. The van der Waals surface area contributed by atoms with E-state index in [1.807, 2.05) is 6.07 Å². The molecule has 27 heavy (non-hydrogen) atoms. The predicted octanol–water partition coefficient (Wildman–Crippen LogP) is 4.42. The van der Waals surface area contributed by atoms with E-state index >= 15 is 0 Å². The van der Waals surface area contributed by atoms with Crippen molar-refractivity contribution < 1.29 is 17.9 Å². The summed E-state index contributed by atoms with van der Waals surface area (Å²) in [4.78, 5) is 11.5. The zero-order chi connectivity index (χ0) is 19.4.